The molecule has 1 saturated heterocycles. The van der Waals surface area contributed by atoms with E-state index in [1.807, 2.05) is 24.3 Å². The van der Waals surface area contributed by atoms with E-state index in [0.717, 1.165) is 31.6 Å². The molecule has 0 aromatic heterocycles. The van der Waals surface area contributed by atoms with Crippen LogP contribution in [0.15, 0.2) is 24.3 Å². The number of carbonyl (C=O) groups excluding carboxylic acids is 1. The standard InChI is InChI=1S/C12H15IN2O.ClH/c13-10-1-3-11(4-2-10)15-12(16)9-5-7-14-8-6-9;/h1-4,9,14H,5-8H2,(H,15,16);1H. The monoisotopic (exact) mass is 366 g/mol. The van der Waals surface area contributed by atoms with Gasteiger partial charge in [0.05, 0.1) is 0 Å². The van der Waals surface area contributed by atoms with E-state index < -0.39 is 0 Å². The van der Waals surface area contributed by atoms with Gasteiger partial charge in [-0.3, -0.25) is 4.79 Å². The third kappa shape index (κ3) is 4.44. The van der Waals surface area contributed by atoms with Crippen molar-refractivity contribution in [1.29, 1.82) is 0 Å². The number of hydrogen-bond acceptors (Lipinski definition) is 2. The fourth-order valence-electron chi connectivity index (χ4n) is 1.86. The highest BCUT2D eigenvalue weighted by molar-refractivity contribution is 14.1. The molecule has 1 heterocycles. The summed E-state index contributed by atoms with van der Waals surface area (Å²) in [6, 6.07) is 7.89. The lowest BCUT2D eigenvalue weighted by molar-refractivity contribution is -0.120. The van der Waals surface area contributed by atoms with Crippen LogP contribution in [0.1, 0.15) is 12.8 Å². The molecule has 0 radical (unpaired) electrons. The number of amides is 1. The quantitative estimate of drug-likeness (QED) is 0.790. The van der Waals surface area contributed by atoms with E-state index in [1.165, 1.54) is 3.57 Å². The zero-order valence-electron chi connectivity index (χ0n) is 9.41. The third-order valence-corrected chi connectivity index (χ3v) is 3.54. The largest absolute Gasteiger partial charge is 0.326 e. The van der Waals surface area contributed by atoms with Crippen LogP contribution in [0.2, 0.25) is 0 Å². The molecule has 1 aromatic carbocycles. The second kappa shape index (κ2) is 7.18. The maximum absolute atomic E-state index is 11.9. The Morgan fingerprint density at radius 2 is 1.82 bits per heavy atom. The van der Waals surface area contributed by atoms with Crippen molar-refractivity contribution in [2.24, 2.45) is 5.92 Å². The minimum Gasteiger partial charge on any atom is -0.326 e. The molecule has 17 heavy (non-hydrogen) atoms. The Kier molecular flexibility index (Phi) is 6.22. The van der Waals surface area contributed by atoms with Crippen LogP contribution in [0, 0.1) is 9.49 Å². The molecule has 0 aliphatic carbocycles. The van der Waals surface area contributed by atoms with Gasteiger partial charge in [-0.15, -0.1) is 12.4 Å². The third-order valence-electron chi connectivity index (χ3n) is 2.82. The predicted molar refractivity (Wildman–Crippen MR) is 80.6 cm³/mol. The highest BCUT2D eigenvalue weighted by Crippen LogP contribution is 2.16. The molecule has 1 aliphatic heterocycles. The summed E-state index contributed by atoms with van der Waals surface area (Å²) in [7, 11) is 0. The molecule has 5 heteroatoms. The number of hydrogen-bond donors (Lipinski definition) is 2. The van der Waals surface area contributed by atoms with Crippen LogP contribution < -0.4 is 10.6 Å². The first kappa shape index (κ1) is 14.7. The topological polar surface area (TPSA) is 41.1 Å². The van der Waals surface area contributed by atoms with Gasteiger partial charge >= 0.3 is 0 Å². The number of rotatable bonds is 2. The number of benzene rings is 1. The van der Waals surface area contributed by atoms with Gasteiger partial charge in [-0.2, -0.15) is 0 Å². The van der Waals surface area contributed by atoms with Crippen molar-refractivity contribution in [3.63, 3.8) is 0 Å². The average Bonchev–Trinajstić information content (AvgIpc) is 2.33. The van der Waals surface area contributed by atoms with E-state index in [-0.39, 0.29) is 24.2 Å². The van der Waals surface area contributed by atoms with E-state index in [1.54, 1.807) is 0 Å². The van der Waals surface area contributed by atoms with E-state index >= 15 is 0 Å². The SMILES string of the molecule is Cl.O=C(Nc1ccc(I)cc1)C1CCNCC1. The zero-order chi connectivity index (χ0) is 11.4. The molecule has 0 atom stereocenters. The van der Waals surface area contributed by atoms with Crippen molar-refractivity contribution in [2.75, 3.05) is 18.4 Å². The number of carbonyl (C=O) groups is 1. The van der Waals surface area contributed by atoms with Crippen LogP contribution in [0.3, 0.4) is 0 Å². The highest BCUT2D eigenvalue weighted by atomic mass is 127. The van der Waals surface area contributed by atoms with Gasteiger partial charge in [0.15, 0.2) is 0 Å². The summed E-state index contributed by atoms with van der Waals surface area (Å²) in [6.07, 6.45) is 1.88. The van der Waals surface area contributed by atoms with E-state index in [4.69, 9.17) is 0 Å². The van der Waals surface area contributed by atoms with Gasteiger partial charge in [-0.1, -0.05) is 0 Å². The van der Waals surface area contributed by atoms with Crippen LogP contribution in [-0.4, -0.2) is 19.0 Å². The Balaban J connectivity index is 0.00000144. The molecule has 2 N–H and O–H groups in total. The Morgan fingerprint density at radius 1 is 1.24 bits per heavy atom. The van der Waals surface area contributed by atoms with Gasteiger partial charge < -0.3 is 10.6 Å². The number of piperidine rings is 1. The van der Waals surface area contributed by atoms with E-state index in [2.05, 4.69) is 33.2 Å². The van der Waals surface area contributed by atoms with Crippen molar-refractivity contribution in [1.82, 2.24) is 5.32 Å². The summed E-state index contributed by atoms with van der Waals surface area (Å²) in [4.78, 5) is 11.9. The molecule has 0 saturated carbocycles. The zero-order valence-corrected chi connectivity index (χ0v) is 12.4. The lowest BCUT2D eigenvalue weighted by atomic mass is 9.97. The summed E-state index contributed by atoms with van der Waals surface area (Å²) < 4.78 is 1.18. The molecular weight excluding hydrogens is 351 g/mol. The second-order valence-corrected chi connectivity index (χ2v) is 5.27. The maximum Gasteiger partial charge on any atom is 0.227 e. The summed E-state index contributed by atoms with van der Waals surface area (Å²) in [5, 5.41) is 6.23. The first-order chi connectivity index (χ1) is 7.75. The molecule has 0 spiro atoms. The van der Waals surface area contributed by atoms with Crippen LogP contribution >= 0.6 is 35.0 Å². The highest BCUT2D eigenvalue weighted by Gasteiger charge is 2.20. The summed E-state index contributed by atoms with van der Waals surface area (Å²) in [5.74, 6) is 0.322. The number of halogens is 2. The number of anilines is 1. The van der Waals surface area contributed by atoms with Crippen LogP contribution in [0.4, 0.5) is 5.69 Å². The molecule has 2 rings (SSSR count). The minimum atomic E-state index is 0. The smallest absolute Gasteiger partial charge is 0.227 e. The number of nitrogens with one attached hydrogen (secondary N) is 2. The average molecular weight is 367 g/mol. The molecule has 1 fully saturated rings. The summed E-state index contributed by atoms with van der Waals surface area (Å²) in [6.45, 7) is 1.90. The summed E-state index contributed by atoms with van der Waals surface area (Å²) in [5.41, 5.74) is 0.893. The molecule has 94 valence electrons. The van der Waals surface area contributed by atoms with Gasteiger partial charge in [-0.25, -0.2) is 0 Å². The summed E-state index contributed by atoms with van der Waals surface area (Å²) >= 11 is 2.25. The fraction of sp³-hybridized carbons (Fsp3) is 0.417. The van der Waals surface area contributed by atoms with Crippen molar-refractivity contribution >= 4 is 46.6 Å². The van der Waals surface area contributed by atoms with Crippen molar-refractivity contribution in [2.45, 2.75) is 12.8 Å². The van der Waals surface area contributed by atoms with Crippen LogP contribution in [-0.2, 0) is 4.79 Å². The molecule has 1 amide bonds. The Hall–Kier alpha value is -0.330. The van der Waals surface area contributed by atoms with Gasteiger partial charge in [0.1, 0.15) is 0 Å². The van der Waals surface area contributed by atoms with E-state index in [0.29, 0.717) is 0 Å². The molecule has 0 bridgehead atoms. The maximum atomic E-state index is 11.9. The Labute approximate surface area is 121 Å². The van der Waals surface area contributed by atoms with Gasteiger partial charge in [0.2, 0.25) is 5.91 Å². The Bertz CT molecular complexity index is 363. The fourth-order valence-corrected chi connectivity index (χ4v) is 2.22. The molecule has 3 nitrogen and oxygen atoms in total. The van der Waals surface area contributed by atoms with Gasteiger partial charge in [0, 0.05) is 15.2 Å². The molecule has 0 unspecified atom stereocenters. The van der Waals surface area contributed by atoms with Crippen molar-refractivity contribution < 1.29 is 4.79 Å². The predicted octanol–water partition coefficient (Wildman–Crippen LogP) is 2.65. The van der Waals surface area contributed by atoms with Crippen LogP contribution in [0.5, 0.6) is 0 Å². The van der Waals surface area contributed by atoms with Gasteiger partial charge in [0.25, 0.3) is 0 Å². The minimum absolute atomic E-state index is 0. The van der Waals surface area contributed by atoms with Gasteiger partial charge in [-0.05, 0) is 72.8 Å². The van der Waals surface area contributed by atoms with Crippen molar-refractivity contribution in [3.8, 4) is 0 Å². The normalized spacial score (nSPS) is 16.1. The lowest BCUT2D eigenvalue weighted by Gasteiger charge is -2.21. The van der Waals surface area contributed by atoms with Crippen LogP contribution in [0.25, 0.3) is 0 Å². The molecule has 1 aromatic rings. The Morgan fingerprint density at radius 3 is 2.41 bits per heavy atom. The van der Waals surface area contributed by atoms with E-state index in [9.17, 15) is 4.79 Å². The second-order valence-electron chi connectivity index (χ2n) is 4.02. The molecule has 1 aliphatic rings. The lowest BCUT2D eigenvalue weighted by Crippen LogP contribution is -2.34. The molecular formula is C12H16ClIN2O. The van der Waals surface area contributed by atoms with Crippen molar-refractivity contribution in [3.05, 3.63) is 27.8 Å². The first-order valence-electron chi connectivity index (χ1n) is 5.53. The first-order valence-corrected chi connectivity index (χ1v) is 6.61.